The fourth-order valence-corrected chi connectivity index (χ4v) is 2.79. The van der Waals surface area contributed by atoms with Crippen LogP contribution in [-0.2, 0) is 9.84 Å². The van der Waals surface area contributed by atoms with Gasteiger partial charge in [-0.25, -0.2) is 8.42 Å². The average Bonchev–Trinajstić information content (AvgIpc) is 2.20. The molecule has 0 atom stereocenters. The van der Waals surface area contributed by atoms with Crippen LogP contribution < -0.4 is 5.32 Å². The van der Waals surface area contributed by atoms with Gasteiger partial charge in [-0.15, -0.1) is 0 Å². The maximum absolute atomic E-state index is 11.5. The highest BCUT2D eigenvalue weighted by Crippen LogP contribution is 2.18. The number of aliphatic hydroxyl groups excluding tert-OH is 1. The molecule has 1 aliphatic carbocycles. The molecule has 0 unspecified atom stereocenters. The Labute approximate surface area is 98.4 Å². The van der Waals surface area contributed by atoms with E-state index in [1.807, 2.05) is 0 Å². The molecule has 0 saturated heterocycles. The molecule has 0 radical (unpaired) electrons. The zero-order valence-corrected chi connectivity index (χ0v) is 11.0. The van der Waals surface area contributed by atoms with Crippen molar-refractivity contribution in [3.05, 3.63) is 0 Å². The van der Waals surface area contributed by atoms with Crippen LogP contribution in [0, 0.1) is 0 Å². The van der Waals surface area contributed by atoms with Crippen LogP contribution in [-0.4, -0.2) is 43.2 Å². The number of rotatable bonds is 5. The maximum atomic E-state index is 11.5. The monoisotopic (exact) mass is 249 g/mol. The van der Waals surface area contributed by atoms with Crippen molar-refractivity contribution in [2.45, 2.75) is 56.9 Å². The lowest BCUT2D eigenvalue weighted by Crippen LogP contribution is -2.38. The van der Waals surface area contributed by atoms with Gasteiger partial charge in [0.1, 0.15) is 0 Å². The molecule has 0 bridgehead atoms. The minimum absolute atomic E-state index is 0.155. The summed E-state index contributed by atoms with van der Waals surface area (Å²) < 4.78 is 23.1. The Morgan fingerprint density at radius 3 is 2.31 bits per heavy atom. The molecule has 1 aliphatic rings. The van der Waals surface area contributed by atoms with Crippen LogP contribution in [0.1, 0.15) is 39.5 Å². The Bertz CT molecular complexity index is 292. The molecule has 0 amide bonds. The van der Waals surface area contributed by atoms with Gasteiger partial charge in [0.25, 0.3) is 0 Å². The number of nitrogens with one attached hydrogen (secondary N) is 1. The molecule has 0 aliphatic heterocycles. The van der Waals surface area contributed by atoms with Gasteiger partial charge in [0.05, 0.1) is 17.1 Å². The van der Waals surface area contributed by atoms with Gasteiger partial charge in [-0.3, -0.25) is 0 Å². The standard InChI is InChI=1S/C11H23NO3S/c1-9(2)16(14,15)8-7-12-10-3-5-11(13)6-4-10/h9-13H,3-8H2,1-2H3. The van der Waals surface area contributed by atoms with Crippen LogP contribution in [0.4, 0.5) is 0 Å². The van der Waals surface area contributed by atoms with Gasteiger partial charge < -0.3 is 10.4 Å². The van der Waals surface area contributed by atoms with Crippen molar-refractivity contribution in [2.24, 2.45) is 0 Å². The molecule has 1 rings (SSSR count). The van der Waals surface area contributed by atoms with Gasteiger partial charge in [-0.05, 0) is 39.5 Å². The Balaban J connectivity index is 2.21. The molecule has 5 heteroatoms. The summed E-state index contributed by atoms with van der Waals surface area (Å²) in [7, 11) is -2.92. The van der Waals surface area contributed by atoms with Crippen molar-refractivity contribution < 1.29 is 13.5 Å². The summed E-state index contributed by atoms with van der Waals surface area (Å²) in [5.74, 6) is 0.212. The van der Waals surface area contributed by atoms with E-state index < -0.39 is 9.84 Å². The summed E-state index contributed by atoms with van der Waals surface area (Å²) >= 11 is 0. The van der Waals surface area contributed by atoms with Crippen molar-refractivity contribution in [1.29, 1.82) is 0 Å². The molecule has 0 aromatic carbocycles. The number of hydrogen-bond donors (Lipinski definition) is 2. The van der Waals surface area contributed by atoms with Crippen LogP contribution in [0.2, 0.25) is 0 Å². The minimum atomic E-state index is -2.92. The molecule has 0 heterocycles. The second-order valence-corrected chi connectivity index (χ2v) is 7.55. The highest BCUT2D eigenvalue weighted by Gasteiger charge is 2.20. The third kappa shape index (κ3) is 4.39. The first-order valence-electron chi connectivity index (χ1n) is 6.05. The Morgan fingerprint density at radius 2 is 1.81 bits per heavy atom. The lowest BCUT2D eigenvalue weighted by atomic mass is 9.93. The lowest BCUT2D eigenvalue weighted by molar-refractivity contribution is 0.117. The first-order chi connectivity index (χ1) is 7.42. The highest BCUT2D eigenvalue weighted by atomic mass is 32.2. The highest BCUT2D eigenvalue weighted by molar-refractivity contribution is 7.92. The summed E-state index contributed by atoms with van der Waals surface area (Å²) in [4.78, 5) is 0. The average molecular weight is 249 g/mol. The molecule has 1 fully saturated rings. The molecular formula is C11H23NO3S. The van der Waals surface area contributed by atoms with E-state index >= 15 is 0 Å². The fraction of sp³-hybridized carbons (Fsp3) is 1.00. The van der Waals surface area contributed by atoms with Gasteiger partial charge in [0, 0.05) is 12.6 Å². The normalized spacial score (nSPS) is 27.2. The largest absolute Gasteiger partial charge is 0.393 e. The number of aliphatic hydroxyl groups is 1. The molecule has 96 valence electrons. The number of hydrogen-bond acceptors (Lipinski definition) is 4. The van der Waals surface area contributed by atoms with E-state index in [9.17, 15) is 13.5 Å². The van der Waals surface area contributed by atoms with Crippen LogP contribution >= 0.6 is 0 Å². The molecule has 0 aromatic heterocycles. The van der Waals surface area contributed by atoms with Crippen LogP contribution in [0.15, 0.2) is 0 Å². The topological polar surface area (TPSA) is 66.4 Å². The van der Waals surface area contributed by atoms with Gasteiger partial charge in [-0.2, -0.15) is 0 Å². The maximum Gasteiger partial charge on any atom is 0.153 e. The molecule has 1 saturated carbocycles. The summed E-state index contributed by atoms with van der Waals surface area (Å²) in [6.45, 7) is 3.96. The molecule has 0 aromatic rings. The van der Waals surface area contributed by atoms with E-state index in [1.54, 1.807) is 13.8 Å². The van der Waals surface area contributed by atoms with Gasteiger partial charge in [0.2, 0.25) is 0 Å². The van der Waals surface area contributed by atoms with Crippen LogP contribution in [0.5, 0.6) is 0 Å². The third-order valence-corrected chi connectivity index (χ3v) is 5.44. The minimum Gasteiger partial charge on any atom is -0.393 e. The number of sulfone groups is 1. The van der Waals surface area contributed by atoms with Gasteiger partial charge >= 0.3 is 0 Å². The molecule has 4 nitrogen and oxygen atoms in total. The summed E-state index contributed by atoms with van der Waals surface area (Å²) in [6.07, 6.45) is 3.40. The first-order valence-corrected chi connectivity index (χ1v) is 7.76. The summed E-state index contributed by atoms with van der Waals surface area (Å²) in [5, 5.41) is 12.3. The van der Waals surface area contributed by atoms with Crippen molar-refractivity contribution in [3.8, 4) is 0 Å². The van der Waals surface area contributed by atoms with Crippen molar-refractivity contribution in [1.82, 2.24) is 5.32 Å². The zero-order chi connectivity index (χ0) is 12.2. The van der Waals surface area contributed by atoms with E-state index in [2.05, 4.69) is 5.32 Å². The molecule has 16 heavy (non-hydrogen) atoms. The van der Waals surface area contributed by atoms with E-state index in [0.717, 1.165) is 25.7 Å². The van der Waals surface area contributed by atoms with Crippen molar-refractivity contribution in [3.63, 3.8) is 0 Å². The first kappa shape index (κ1) is 13.9. The Kier molecular flexibility index (Phi) is 5.21. The lowest BCUT2D eigenvalue weighted by Gasteiger charge is -2.26. The van der Waals surface area contributed by atoms with Crippen molar-refractivity contribution >= 4 is 9.84 Å². The third-order valence-electron chi connectivity index (χ3n) is 3.23. The quantitative estimate of drug-likeness (QED) is 0.753. The SMILES string of the molecule is CC(C)S(=O)(=O)CCNC1CCC(O)CC1. The van der Waals surface area contributed by atoms with Crippen LogP contribution in [0.3, 0.4) is 0 Å². The zero-order valence-electron chi connectivity index (χ0n) is 10.1. The molecule has 0 spiro atoms. The Morgan fingerprint density at radius 1 is 1.25 bits per heavy atom. The summed E-state index contributed by atoms with van der Waals surface area (Å²) in [5.41, 5.74) is 0. The summed E-state index contributed by atoms with van der Waals surface area (Å²) in [6, 6.07) is 0.380. The van der Waals surface area contributed by atoms with E-state index in [1.165, 1.54) is 0 Å². The van der Waals surface area contributed by atoms with Crippen molar-refractivity contribution in [2.75, 3.05) is 12.3 Å². The van der Waals surface area contributed by atoms with Crippen LogP contribution in [0.25, 0.3) is 0 Å². The van der Waals surface area contributed by atoms with E-state index in [-0.39, 0.29) is 17.1 Å². The van der Waals surface area contributed by atoms with Gasteiger partial charge in [0.15, 0.2) is 9.84 Å². The van der Waals surface area contributed by atoms with E-state index in [4.69, 9.17) is 0 Å². The fourth-order valence-electron chi connectivity index (χ4n) is 1.92. The second kappa shape index (κ2) is 5.98. The Hall–Kier alpha value is -0.130. The predicted molar refractivity (Wildman–Crippen MR) is 65.2 cm³/mol. The molecular weight excluding hydrogens is 226 g/mol. The second-order valence-electron chi connectivity index (χ2n) is 4.88. The molecule has 2 N–H and O–H groups in total. The smallest absolute Gasteiger partial charge is 0.153 e. The van der Waals surface area contributed by atoms with Gasteiger partial charge in [-0.1, -0.05) is 0 Å². The predicted octanol–water partition coefficient (Wildman–Crippen LogP) is 0.703. The van der Waals surface area contributed by atoms with E-state index in [0.29, 0.717) is 12.6 Å².